The Balaban J connectivity index is 1.92. The minimum absolute atomic E-state index is 0.990. The van der Waals surface area contributed by atoms with Crippen molar-refractivity contribution in [3.63, 3.8) is 0 Å². The Morgan fingerprint density at radius 1 is 1.19 bits per heavy atom. The molecule has 1 N–H and O–H groups in total. The molecule has 2 nitrogen and oxygen atoms in total. The maximum absolute atomic E-state index is 3.37. The molecule has 88 valence electrons. The molecule has 1 fully saturated rings. The molecule has 16 heavy (non-hydrogen) atoms. The van der Waals surface area contributed by atoms with Crippen molar-refractivity contribution in [2.24, 2.45) is 0 Å². The lowest BCUT2D eigenvalue weighted by Gasteiger charge is -2.15. The van der Waals surface area contributed by atoms with Gasteiger partial charge in [-0.05, 0) is 43.6 Å². The predicted molar refractivity (Wildman–Crippen MR) is 68.3 cm³/mol. The van der Waals surface area contributed by atoms with E-state index in [4.69, 9.17) is 0 Å². The fraction of sp³-hybridized carbons (Fsp3) is 0.571. The van der Waals surface area contributed by atoms with Crippen LogP contribution in [0.3, 0.4) is 0 Å². The molecule has 0 spiro atoms. The summed E-state index contributed by atoms with van der Waals surface area (Å²) < 4.78 is 0. The van der Waals surface area contributed by atoms with Crippen LogP contribution in [0.2, 0.25) is 0 Å². The molecule has 1 aromatic rings. The number of hydrogen-bond acceptors (Lipinski definition) is 2. The highest BCUT2D eigenvalue weighted by molar-refractivity contribution is 5.23. The van der Waals surface area contributed by atoms with Crippen molar-refractivity contribution in [2.75, 3.05) is 19.6 Å². The number of nitrogens with one attached hydrogen (secondary N) is 1. The zero-order chi connectivity index (χ0) is 11.2. The Morgan fingerprint density at radius 3 is 2.69 bits per heavy atom. The highest BCUT2D eigenvalue weighted by Gasteiger charge is 2.11. The van der Waals surface area contributed by atoms with Crippen molar-refractivity contribution >= 4 is 0 Å². The van der Waals surface area contributed by atoms with Crippen LogP contribution in [0.25, 0.3) is 0 Å². The first kappa shape index (κ1) is 11.6. The predicted octanol–water partition coefficient (Wildman–Crippen LogP) is 2.39. The largest absolute Gasteiger partial charge is 0.313 e. The van der Waals surface area contributed by atoms with Gasteiger partial charge in [-0.3, -0.25) is 4.90 Å². The van der Waals surface area contributed by atoms with Crippen LogP contribution in [-0.2, 0) is 13.1 Å². The number of likely N-dealkylation sites (tertiary alicyclic amines) is 1. The van der Waals surface area contributed by atoms with Gasteiger partial charge in [-0.15, -0.1) is 0 Å². The number of hydrogen-bond donors (Lipinski definition) is 1. The average Bonchev–Trinajstić information content (AvgIpc) is 2.80. The Bertz CT molecular complexity index is 316. The fourth-order valence-corrected chi connectivity index (χ4v) is 2.31. The molecule has 0 saturated carbocycles. The third kappa shape index (κ3) is 3.32. The monoisotopic (exact) mass is 218 g/mol. The summed E-state index contributed by atoms with van der Waals surface area (Å²) >= 11 is 0. The van der Waals surface area contributed by atoms with E-state index in [1.54, 1.807) is 0 Å². The second kappa shape index (κ2) is 6.02. The molecule has 0 unspecified atom stereocenters. The number of rotatable bonds is 5. The maximum Gasteiger partial charge on any atom is 0.0233 e. The molecular weight excluding hydrogens is 196 g/mol. The van der Waals surface area contributed by atoms with E-state index in [0.717, 1.165) is 19.6 Å². The van der Waals surface area contributed by atoms with E-state index in [1.165, 1.54) is 37.1 Å². The van der Waals surface area contributed by atoms with Crippen LogP contribution < -0.4 is 5.32 Å². The average molecular weight is 218 g/mol. The van der Waals surface area contributed by atoms with Gasteiger partial charge in [0.1, 0.15) is 0 Å². The fourth-order valence-electron chi connectivity index (χ4n) is 2.31. The molecule has 2 heteroatoms. The summed E-state index contributed by atoms with van der Waals surface area (Å²) in [4.78, 5) is 2.55. The minimum Gasteiger partial charge on any atom is -0.313 e. The van der Waals surface area contributed by atoms with Crippen LogP contribution in [0.5, 0.6) is 0 Å². The zero-order valence-corrected chi connectivity index (χ0v) is 10.2. The van der Waals surface area contributed by atoms with Crippen molar-refractivity contribution < 1.29 is 0 Å². The number of nitrogens with zero attached hydrogens (tertiary/aromatic N) is 1. The van der Waals surface area contributed by atoms with E-state index in [0.29, 0.717) is 0 Å². The minimum atomic E-state index is 0.990. The Hall–Kier alpha value is -0.860. The molecule has 1 aromatic carbocycles. The second-order valence-corrected chi connectivity index (χ2v) is 4.58. The molecule has 1 aliphatic rings. The summed E-state index contributed by atoms with van der Waals surface area (Å²) in [6.07, 6.45) is 2.74. The first-order chi connectivity index (χ1) is 7.88. The van der Waals surface area contributed by atoms with Gasteiger partial charge in [-0.25, -0.2) is 0 Å². The lowest BCUT2D eigenvalue weighted by atomic mass is 10.1. The van der Waals surface area contributed by atoms with Crippen LogP contribution in [0.4, 0.5) is 0 Å². The lowest BCUT2D eigenvalue weighted by molar-refractivity contribution is 0.331. The number of benzene rings is 1. The quantitative estimate of drug-likeness (QED) is 0.816. The standard InChI is InChI=1S/C14H22N2/c1-2-15-11-13-6-5-7-14(10-13)12-16-8-3-4-9-16/h5-7,10,15H,2-4,8-9,11-12H2,1H3. The van der Waals surface area contributed by atoms with Crippen molar-refractivity contribution in [3.05, 3.63) is 35.4 Å². The Labute approximate surface area is 98.7 Å². The van der Waals surface area contributed by atoms with Gasteiger partial charge in [-0.1, -0.05) is 31.2 Å². The summed E-state index contributed by atoms with van der Waals surface area (Å²) in [6.45, 7) is 7.85. The van der Waals surface area contributed by atoms with Crippen molar-refractivity contribution in [1.29, 1.82) is 0 Å². The molecule has 0 radical (unpaired) electrons. The molecule has 1 saturated heterocycles. The molecular formula is C14H22N2. The van der Waals surface area contributed by atoms with Crippen molar-refractivity contribution in [3.8, 4) is 0 Å². The van der Waals surface area contributed by atoms with Gasteiger partial charge in [0.25, 0.3) is 0 Å². The van der Waals surface area contributed by atoms with E-state index >= 15 is 0 Å². The Kier molecular flexibility index (Phi) is 4.37. The highest BCUT2D eigenvalue weighted by Crippen LogP contribution is 2.13. The van der Waals surface area contributed by atoms with Crippen LogP contribution in [0.1, 0.15) is 30.9 Å². The van der Waals surface area contributed by atoms with Crippen molar-refractivity contribution in [1.82, 2.24) is 10.2 Å². The molecule has 2 rings (SSSR count). The SMILES string of the molecule is CCNCc1cccc(CN2CCCC2)c1. The molecule has 0 aromatic heterocycles. The third-order valence-corrected chi connectivity index (χ3v) is 3.18. The Morgan fingerprint density at radius 2 is 1.94 bits per heavy atom. The van der Waals surface area contributed by atoms with Crippen LogP contribution in [0.15, 0.2) is 24.3 Å². The van der Waals surface area contributed by atoms with E-state index < -0.39 is 0 Å². The van der Waals surface area contributed by atoms with Gasteiger partial charge in [-0.2, -0.15) is 0 Å². The smallest absolute Gasteiger partial charge is 0.0233 e. The second-order valence-electron chi connectivity index (χ2n) is 4.58. The molecule has 0 aliphatic carbocycles. The summed E-state index contributed by atoms with van der Waals surface area (Å²) in [6, 6.07) is 8.96. The summed E-state index contributed by atoms with van der Waals surface area (Å²) in [5.41, 5.74) is 2.86. The van der Waals surface area contributed by atoms with Gasteiger partial charge in [0.05, 0.1) is 0 Å². The summed E-state index contributed by atoms with van der Waals surface area (Å²) in [5, 5.41) is 3.37. The lowest BCUT2D eigenvalue weighted by Crippen LogP contribution is -2.18. The zero-order valence-electron chi connectivity index (χ0n) is 10.2. The molecule has 0 atom stereocenters. The molecule has 1 aliphatic heterocycles. The van der Waals surface area contributed by atoms with Crippen LogP contribution in [0, 0.1) is 0 Å². The van der Waals surface area contributed by atoms with Gasteiger partial charge in [0.15, 0.2) is 0 Å². The molecule has 1 heterocycles. The first-order valence-corrected chi connectivity index (χ1v) is 6.39. The van der Waals surface area contributed by atoms with Crippen molar-refractivity contribution in [2.45, 2.75) is 32.9 Å². The normalized spacial score (nSPS) is 16.8. The van der Waals surface area contributed by atoms with E-state index in [2.05, 4.69) is 41.4 Å². The van der Waals surface area contributed by atoms with E-state index in [-0.39, 0.29) is 0 Å². The van der Waals surface area contributed by atoms with Gasteiger partial charge in [0.2, 0.25) is 0 Å². The molecule has 0 amide bonds. The summed E-state index contributed by atoms with van der Waals surface area (Å²) in [5.74, 6) is 0. The maximum atomic E-state index is 3.37. The third-order valence-electron chi connectivity index (χ3n) is 3.18. The highest BCUT2D eigenvalue weighted by atomic mass is 15.1. The van der Waals surface area contributed by atoms with Gasteiger partial charge < -0.3 is 5.32 Å². The first-order valence-electron chi connectivity index (χ1n) is 6.39. The van der Waals surface area contributed by atoms with Crippen LogP contribution in [-0.4, -0.2) is 24.5 Å². The van der Waals surface area contributed by atoms with Crippen LogP contribution >= 0.6 is 0 Å². The van der Waals surface area contributed by atoms with Gasteiger partial charge in [0, 0.05) is 13.1 Å². The van der Waals surface area contributed by atoms with E-state index in [9.17, 15) is 0 Å². The molecule has 0 bridgehead atoms. The topological polar surface area (TPSA) is 15.3 Å². The summed E-state index contributed by atoms with van der Waals surface area (Å²) in [7, 11) is 0. The van der Waals surface area contributed by atoms with Gasteiger partial charge >= 0.3 is 0 Å². The van der Waals surface area contributed by atoms with E-state index in [1.807, 2.05) is 0 Å².